The Hall–Kier alpha value is -1.64. The molecule has 0 saturated carbocycles. The number of anilines is 1. The van der Waals surface area contributed by atoms with Gasteiger partial charge in [-0.05, 0) is 24.3 Å². The van der Waals surface area contributed by atoms with Crippen molar-refractivity contribution in [2.75, 3.05) is 11.9 Å². The van der Waals surface area contributed by atoms with Crippen LogP contribution >= 0.6 is 23.2 Å². The zero-order valence-corrected chi connectivity index (χ0v) is 15.6. The minimum absolute atomic E-state index is 0.0272. The number of nitrogens with one attached hydrogen (secondary N) is 1. The van der Waals surface area contributed by atoms with Crippen molar-refractivity contribution in [1.29, 1.82) is 0 Å². The number of carbonyl (C=O) groups excluding carboxylic acids is 1. The molecule has 0 radical (unpaired) electrons. The fourth-order valence-corrected chi connectivity index (χ4v) is 4.94. The number of hydrogen-bond acceptors (Lipinski definition) is 5. The van der Waals surface area contributed by atoms with Crippen molar-refractivity contribution in [3.8, 4) is 0 Å². The molecule has 2 aromatic carbocycles. The number of benzene rings is 2. The third kappa shape index (κ3) is 2.62. The maximum atomic E-state index is 13.0. The molecule has 2 heterocycles. The summed E-state index contributed by atoms with van der Waals surface area (Å²) in [6, 6.07) is 10.9. The zero-order valence-electron chi connectivity index (χ0n) is 13.2. The van der Waals surface area contributed by atoms with Crippen molar-refractivity contribution < 1.29 is 22.7 Å². The molecule has 2 unspecified atom stereocenters. The number of fused-ring (bicyclic) bond motifs is 2. The molecule has 0 bridgehead atoms. The molecule has 1 N–H and O–H groups in total. The fourth-order valence-electron chi connectivity index (χ4n) is 3.07. The summed E-state index contributed by atoms with van der Waals surface area (Å²) in [4.78, 5) is 12.5. The molecule has 9 heteroatoms. The van der Waals surface area contributed by atoms with Crippen LogP contribution in [0.4, 0.5) is 5.69 Å². The number of halogens is 2. The van der Waals surface area contributed by atoms with Gasteiger partial charge >= 0.3 is 0 Å². The van der Waals surface area contributed by atoms with E-state index in [1.165, 1.54) is 18.2 Å². The second-order valence-corrected chi connectivity index (χ2v) is 8.82. The van der Waals surface area contributed by atoms with Gasteiger partial charge in [-0.2, -0.15) is 0 Å². The molecule has 6 nitrogen and oxygen atoms in total. The van der Waals surface area contributed by atoms with Gasteiger partial charge in [-0.3, -0.25) is 4.79 Å². The lowest BCUT2D eigenvalue weighted by molar-refractivity contribution is -0.264. The SMILES string of the molecule is O=C1Nc2ccccc2C12OCCC(S(=O)(=O)c1ccc(Cl)c(Cl)c1)O2. The lowest BCUT2D eigenvalue weighted by Crippen LogP contribution is -2.49. The van der Waals surface area contributed by atoms with Crippen molar-refractivity contribution in [2.24, 2.45) is 0 Å². The summed E-state index contributed by atoms with van der Waals surface area (Å²) in [5.74, 6) is -2.32. The first-order chi connectivity index (χ1) is 12.3. The number of hydrogen-bond donors (Lipinski definition) is 1. The van der Waals surface area contributed by atoms with Crippen molar-refractivity contribution in [1.82, 2.24) is 0 Å². The Bertz CT molecular complexity index is 1010. The van der Waals surface area contributed by atoms with Crippen LogP contribution in [0.1, 0.15) is 12.0 Å². The van der Waals surface area contributed by atoms with Gasteiger partial charge in [-0.1, -0.05) is 41.4 Å². The average molecular weight is 414 g/mol. The quantitative estimate of drug-likeness (QED) is 0.816. The van der Waals surface area contributed by atoms with E-state index in [1.807, 2.05) is 0 Å². The molecule has 1 amide bonds. The molecule has 1 spiro atoms. The molecule has 1 saturated heterocycles. The zero-order chi connectivity index (χ0) is 18.5. The molecular formula is C17H13Cl2NO5S. The van der Waals surface area contributed by atoms with E-state index in [0.29, 0.717) is 11.3 Å². The second-order valence-electron chi connectivity index (χ2n) is 5.92. The van der Waals surface area contributed by atoms with Crippen LogP contribution in [0.15, 0.2) is 47.4 Å². The topological polar surface area (TPSA) is 81.7 Å². The van der Waals surface area contributed by atoms with E-state index in [-0.39, 0.29) is 28.0 Å². The summed E-state index contributed by atoms with van der Waals surface area (Å²) in [6.07, 6.45) is 0.0831. The van der Waals surface area contributed by atoms with Gasteiger partial charge in [-0.25, -0.2) is 8.42 Å². The van der Waals surface area contributed by atoms with Crippen molar-refractivity contribution >= 4 is 44.6 Å². The smallest absolute Gasteiger partial charge is 0.289 e. The number of ether oxygens (including phenoxy) is 2. The van der Waals surface area contributed by atoms with Gasteiger partial charge in [-0.15, -0.1) is 0 Å². The highest BCUT2D eigenvalue weighted by Crippen LogP contribution is 2.44. The number of sulfone groups is 1. The largest absolute Gasteiger partial charge is 0.338 e. The van der Waals surface area contributed by atoms with Gasteiger partial charge in [0.05, 0.1) is 27.2 Å². The molecule has 2 aliphatic rings. The van der Waals surface area contributed by atoms with Gasteiger partial charge in [0.2, 0.25) is 9.84 Å². The van der Waals surface area contributed by atoms with Crippen LogP contribution in [0.25, 0.3) is 0 Å². The van der Waals surface area contributed by atoms with Gasteiger partial charge in [0.15, 0.2) is 5.44 Å². The highest BCUT2D eigenvalue weighted by molar-refractivity contribution is 7.92. The summed E-state index contributed by atoms with van der Waals surface area (Å²) in [6.45, 7) is 0.0486. The van der Waals surface area contributed by atoms with E-state index < -0.39 is 27.0 Å². The van der Waals surface area contributed by atoms with E-state index in [1.54, 1.807) is 24.3 Å². The van der Waals surface area contributed by atoms with Crippen molar-refractivity contribution in [3.05, 3.63) is 58.1 Å². The van der Waals surface area contributed by atoms with Crippen LogP contribution in [0, 0.1) is 0 Å². The molecule has 2 aliphatic heterocycles. The van der Waals surface area contributed by atoms with Crippen LogP contribution in [-0.2, 0) is 29.9 Å². The first-order valence-electron chi connectivity index (χ1n) is 7.76. The van der Waals surface area contributed by atoms with Gasteiger partial charge < -0.3 is 14.8 Å². The lowest BCUT2D eigenvalue weighted by atomic mass is 10.1. The Morgan fingerprint density at radius 2 is 1.88 bits per heavy atom. The highest BCUT2D eigenvalue weighted by atomic mass is 35.5. The Morgan fingerprint density at radius 3 is 2.65 bits per heavy atom. The van der Waals surface area contributed by atoms with Gasteiger partial charge in [0.25, 0.3) is 11.7 Å². The van der Waals surface area contributed by atoms with E-state index >= 15 is 0 Å². The molecule has 0 aromatic heterocycles. The van der Waals surface area contributed by atoms with Crippen LogP contribution in [0.3, 0.4) is 0 Å². The Morgan fingerprint density at radius 1 is 1.12 bits per heavy atom. The molecule has 0 aliphatic carbocycles. The first-order valence-corrected chi connectivity index (χ1v) is 10.1. The highest BCUT2D eigenvalue weighted by Gasteiger charge is 2.55. The molecule has 2 aromatic rings. The Balaban J connectivity index is 1.73. The molecule has 2 atom stereocenters. The maximum Gasteiger partial charge on any atom is 0.289 e. The number of para-hydroxylation sites is 1. The van der Waals surface area contributed by atoms with Crippen molar-refractivity contribution in [3.63, 3.8) is 0 Å². The molecule has 136 valence electrons. The van der Waals surface area contributed by atoms with Crippen LogP contribution < -0.4 is 5.32 Å². The number of amides is 1. The molecular weight excluding hydrogens is 401 g/mol. The summed E-state index contributed by atoms with van der Waals surface area (Å²) >= 11 is 11.8. The van der Waals surface area contributed by atoms with E-state index in [9.17, 15) is 13.2 Å². The molecule has 1 fully saturated rings. The minimum atomic E-state index is -3.92. The minimum Gasteiger partial charge on any atom is -0.338 e. The summed E-state index contributed by atoms with van der Waals surface area (Å²) < 4.78 is 37.4. The Labute approximate surface area is 159 Å². The summed E-state index contributed by atoms with van der Waals surface area (Å²) in [7, 11) is -3.92. The predicted octanol–water partition coefficient (Wildman–Crippen LogP) is 3.34. The van der Waals surface area contributed by atoms with Gasteiger partial charge in [0, 0.05) is 12.0 Å². The molecule has 4 rings (SSSR count). The fraction of sp³-hybridized carbons (Fsp3) is 0.235. The van der Waals surface area contributed by atoms with E-state index in [4.69, 9.17) is 32.7 Å². The maximum absolute atomic E-state index is 13.0. The average Bonchev–Trinajstić information content (AvgIpc) is 2.89. The van der Waals surface area contributed by atoms with Crippen LogP contribution in [-0.4, -0.2) is 26.4 Å². The standard InChI is InChI=1S/C17H13Cl2NO5S/c18-12-6-5-10(9-13(12)19)26(22,23)15-7-8-24-17(25-15)11-3-1-2-4-14(11)20-16(17)21/h1-6,9,15H,7-8H2,(H,20,21). The van der Waals surface area contributed by atoms with Crippen LogP contribution in [0.5, 0.6) is 0 Å². The van der Waals surface area contributed by atoms with Crippen LogP contribution in [0.2, 0.25) is 10.0 Å². The number of rotatable bonds is 2. The Kier molecular flexibility index (Phi) is 4.24. The third-order valence-electron chi connectivity index (χ3n) is 4.35. The van der Waals surface area contributed by atoms with Gasteiger partial charge in [0.1, 0.15) is 0 Å². The summed E-state index contributed by atoms with van der Waals surface area (Å²) in [5, 5.41) is 3.04. The lowest BCUT2D eigenvalue weighted by Gasteiger charge is -2.36. The number of carbonyl (C=O) groups is 1. The normalized spacial score (nSPS) is 25.2. The molecule has 26 heavy (non-hydrogen) atoms. The second kappa shape index (κ2) is 6.21. The van der Waals surface area contributed by atoms with E-state index in [2.05, 4.69) is 5.32 Å². The van der Waals surface area contributed by atoms with E-state index in [0.717, 1.165) is 0 Å². The summed E-state index contributed by atoms with van der Waals surface area (Å²) in [5.41, 5.74) is -0.269. The van der Waals surface area contributed by atoms with Crippen molar-refractivity contribution in [2.45, 2.75) is 22.5 Å². The first kappa shape index (κ1) is 17.8. The monoisotopic (exact) mass is 413 g/mol. The third-order valence-corrected chi connectivity index (χ3v) is 7.02. The predicted molar refractivity (Wildman–Crippen MR) is 95.8 cm³/mol.